The summed E-state index contributed by atoms with van der Waals surface area (Å²) in [6, 6.07) is 0. The SMILES string of the molecule is CCC(C)(OC)C(=O)CCC1CCCO1. The van der Waals surface area contributed by atoms with Gasteiger partial charge in [-0.1, -0.05) is 6.92 Å². The van der Waals surface area contributed by atoms with E-state index in [2.05, 4.69) is 0 Å². The second-order valence-corrected chi connectivity index (χ2v) is 4.39. The Morgan fingerprint density at radius 2 is 2.33 bits per heavy atom. The topological polar surface area (TPSA) is 35.5 Å². The average molecular weight is 214 g/mol. The Bertz CT molecular complexity index is 203. The van der Waals surface area contributed by atoms with Crippen molar-refractivity contribution in [2.24, 2.45) is 0 Å². The minimum absolute atomic E-state index is 0.197. The van der Waals surface area contributed by atoms with Crippen LogP contribution in [-0.2, 0) is 14.3 Å². The molecule has 1 rings (SSSR count). The van der Waals surface area contributed by atoms with Crippen LogP contribution in [0.15, 0.2) is 0 Å². The highest BCUT2D eigenvalue weighted by atomic mass is 16.5. The molecule has 0 aliphatic carbocycles. The predicted octanol–water partition coefficient (Wildman–Crippen LogP) is 2.33. The highest BCUT2D eigenvalue weighted by molar-refractivity contribution is 5.86. The van der Waals surface area contributed by atoms with Gasteiger partial charge in [0, 0.05) is 20.1 Å². The Hall–Kier alpha value is -0.410. The van der Waals surface area contributed by atoms with Gasteiger partial charge in [-0.25, -0.2) is 0 Å². The van der Waals surface area contributed by atoms with Crippen LogP contribution in [0.3, 0.4) is 0 Å². The maximum absolute atomic E-state index is 11.9. The number of Topliss-reactive ketones (excluding diaryl/α,β-unsaturated/α-hetero) is 1. The Balaban J connectivity index is 2.33. The zero-order chi connectivity index (χ0) is 11.3. The lowest BCUT2D eigenvalue weighted by Gasteiger charge is -2.25. The molecule has 1 aliphatic rings. The lowest BCUT2D eigenvalue weighted by atomic mass is 9.93. The summed E-state index contributed by atoms with van der Waals surface area (Å²) in [5.74, 6) is 0.197. The fourth-order valence-electron chi connectivity index (χ4n) is 1.88. The van der Waals surface area contributed by atoms with Crippen molar-refractivity contribution in [2.45, 2.75) is 57.7 Å². The highest BCUT2D eigenvalue weighted by Crippen LogP contribution is 2.22. The predicted molar refractivity (Wildman–Crippen MR) is 58.9 cm³/mol. The van der Waals surface area contributed by atoms with Crippen molar-refractivity contribution >= 4 is 5.78 Å². The average Bonchev–Trinajstić information content (AvgIpc) is 2.77. The van der Waals surface area contributed by atoms with Crippen molar-refractivity contribution in [1.82, 2.24) is 0 Å². The molecule has 0 aromatic carbocycles. The van der Waals surface area contributed by atoms with Gasteiger partial charge < -0.3 is 9.47 Å². The molecule has 1 heterocycles. The molecule has 0 spiro atoms. The van der Waals surface area contributed by atoms with E-state index in [1.54, 1.807) is 7.11 Å². The summed E-state index contributed by atoms with van der Waals surface area (Å²) in [4.78, 5) is 11.9. The highest BCUT2D eigenvalue weighted by Gasteiger charge is 2.31. The molecule has 15 heavy (non-hydrogen) atoms. The molecular formula is C12H22O3. The van der Waals surface area contributed by atoms with E-state index in [0.29, 0.717) is 12.5 Å². The summed E-state index contributed by atoms with van der Waals surface area (Å²) < 4.78 is 10.8. The largest absolute Gasteiger partial charge is 0.378 e. The molecule has 1 fully saturated rings. The number of ketones is 1. The number of carbonyl (C=O) groups is 1. The van der Waals surface area contributed by atoms with Gasteiger partial charge in [0.15, 0.2) is 5.78 Å². The fourth-order valence-corrected chi connectivity index (χ4v) is 1.88. The van der Waals surface area contributed by atoms with E-state index in [4.69, 9.17) is 9.47 Å². The minimum atomic E-state index is -0.599. The number of rotatable bonds is 6. The Morgan fingerprint density at radius 1 is 1.60 bits per heavy atom. The van der Waals surface area contributed by atoms with Crippen molar-refractivity contribution in [1.29, 1.82) is 0 Å². The van der Waals surface area contributed by atoms with Gasteiger partial charge in [0.05, 0.1) is 6.10 Å². The summed E-state index contributed by atoms with van der Waals surface area (Å²) >= 11 is 0. The molecule has 3 nitrogen and oxygen atoms in total. The van der Waals surface area contributed by atoms with Gasteiger partial charge in [0.1, 0.15) is 5.60 Å². The van der Waals surface area contributed by atoms with Crippen LogP contribution in [0.25, 0.3) is 0 Å². The molecule has 0 aromatic rings. The molecule has 1 aliphatic heterocycles. The molecule has 0 radical (unpaired) electrons. The molecule has 0 N–H and O–H groups in total. The first-order valence-corrected chi connectivity index (χ1v) is 5.82. The van der Waals surface area contributed by atoms with Gasteiger partial charge in [0.2, 0.25) is 0 Å². The summed E-state index contributed by atoms with van der Waals surface area (Å²) in [5, 5.41) is 0. The van der Waals surface area contributed by atoms with E-state index < -0.39 is 5.60 Å². The number of methoxy groups -OCH3 is 1. The molecule has 0 bridgehead atoms. The normalized spacial score (nSPS) is 25.1. The zero-order valence-electron chi connectivity index (χ0n) is 10.0. The van der Waals surface area contributed by atoms with Gasteiger partial charge in [-0.2, -0.15) is 0 Å². The molecule has 88 valence electrons. The van der Waals surface area contributed by atoms with E-state index in [1.807, 2.05) is 13.8 Å². The van der Waals surface area contributed by atoms with E-state index in [9.17, 15) is 4.79 Å². The quantitative estimate of drug-likeness (QED) is 0.680. The molecule has 2 atom stereocenters. The summed E-state index contributed by atoms with van der Waals surface area (Å²) in [7, 11) is 1.60. The first-order valence-electron chi connectivity index (χ1n) is 5.82. The van der Waals surface area contributed by atoms with Gasteiger partial charge >= 0.3 is 0 Å². The second kappa shape index (κ2) is 5.61. The van der Waals surface area contributed by atoms with E-state index in [1.165, 1.54) is 0 Å². The zero-order valence-corrected chi connectivity index (χ0v) is 10.0. The minimum Gasteiger partial charge on any atom is -0.378 e. The lowest BCUT2D eigenvalue weighted by Crippen LogP contribution is -2.37. The summed E-state index contributed by atoms with van der Waals surface area (Å²) in [6.45, 7) is 4.70. The monoisotopic (exact) mass is 214 g/mol. The van der Waals surface area contributed by atoms with Crippen molar-refractivity contribution in [3.63, 3.8) is 0 Å². The van der Waals surface area contributed by atoms with Gasteiger partial charge in [-0.3, -0.25) is 4.79 Å². The van der Waals surface area contributed by atoms with Crippen LogP contribution >= 0.6 is 0 Å². The first-order chi connectivity index (χ1) is 7.12. The van der Waals surface area contributed by atoms with Gasteiger partial charge in [0.25, 0.3) is 0 Å². The van der Waals surface area contributed by atoms with Crippen LogP contribution in [0.2, 0.25) is 0 Å². The standard InChI is InChI=1S/C12H22O3/c1-4-12(2,14-3)11(13)8-7-10-6-5-9-15-10/h10H,4-9H2,1-3H3. The Kier molecular flexibility index (Phi) is 4.74. The number of hydrogen-bond donors (Lipinski definition) is 0. The first kappa shape index (κ1) is 12.7. The van der Waals surface area contributed by atoms with Crippen molar-refractivity contribution in [3.05, 3.63) is 0 Å². The number of ether oxygens (including phenoxy) is 2. The van der Waals surface area contributed by atoms with Crippen LogP contribution in [0.5, 0.6) is 0 Å². The third-order valence-corrected chi connectivity index (χ3v) is 3.43. The van der Waals surface area contributed by atoms with Crippen LogP contribution in [-0.4, -0.2) is 31.2 Å². The van der Waals surface area contributed by atoms with Crippen molar-refractivity contribution < 1.29 is 14.3 Å². The second-order valence-electron chi connectivity index (χ2n) is 4.39. The van der Waals surface area contributed by atoms with Crippen LogP contribution < -0.4 is 0 Å². The third kappa shape index (κ3) is 3.28. The maximum Gasteiger partial charge on any atom is 0.164 e. The molecule has 2 unspecified atom stereocenters. The van der Waals surface area contributed by atoms with Crippen LogP contribution in [0.1, 0.15) is 46.0 Å². The molecule has 1 saturated heterocycles. The molecule has 0 aromatic heterocycles. The van der Waals surface area contributed by atoms with E-state index in [0.717, 1.165) is 32.3 Å². The lowest BCUT2D eigenvalue weighted by molar-refractivity contribution is -0.140. The summed E-state index contributed by atoms with van der Waals surface area (Å²) in [6.07, 6.45) is 4.68. The fraction of sp³-hybridized carbons (Fsp3) is 0.917. The summed E-state index contributed by atoms with van der Waals surface area (Å²) in [5.41, 5.74) is -0.599. The van der Waals surface area contributed by atoms with Crippen LogP contribution in [0, 0.1) is 0 Å². The molecule has 0 saturated carbocycles. The van der Waals surface area contributed by atoms with Gasteiger partial charge in [-0.05, 0) is 32.6 Å². The van der Waals surface area contributed by atoms with Crippen molar-refractivity contribution in [3.8, 4) is 0 Å². The van der Waals surface area contributed by atoms with Crippen molar-refractivity contribution in [2.75, 3.05) is 13.7 Å². The number of hydrogen-bond acceptors (Lipinski definition) is 3. The van der Waals surface area contributed by atoms with Crippen LogP contribution in [0.4, 0.5) is 0 Å². The van der Waals surface area contributed by atoms with E-state index in [-0.39, 0.29) is 5.78 Å². The third-order valence-electron chi connectivity index (χ3n) is 3.43. The molecule has 3 heteroatoms. The van der Waals surface area contributed by atoms with E-state index >= 15 is 0 Å². The smallest absolute Gasteiger partial charge is 0.164 e. The molecule has 0 amide bonds. The Morgan fingerprint density at radius 3 is 2.80 bits per heavy atom. The molecular weight excluding hydrogens is 192 g/mol. The maximum atomic E-state index is 11.9. The van der Waals surface area contributed by atoms with Gasteiger partial charge in [-0.15, -0.1) is 0 Å². The number of carbonyl (C=O) groups excluding carboxylic acids is 1. The Labute approximate surface area is 92.1 Å².